The van der Waals surface area contributed by atoms with E-state index in [0.29, 0.717) is 5.91 Å². The summed E-state index contributed by atoms with van der Waals surface area (Å²) < 4.78 is 0. The van der Waals surface area contributed by atoms with E-state index in [1.807, 2.05) is 25.6 Å². The molecular formula is C16H31N3OS. The maximum absolute atomic E-state index is 12.5. The van der Waals surface area contributed by atoms with Gasteiger partial charge in [-0.15, -0.1) is 11.8 Å². The fourth-order valence-corrected chi connectivity index (χ4v) is 5.12. The Morgan fingerprint density at radius 3 is 2.29 bits per heavy atom. The normalized spacial score (nSPS) is 29.8. The Kier molecular flexibility index (Phi) is 5.97. The summed E-state index contributed by atoms with van der Waals surface area (Å²) in [4.78, 5) is 19.6. The van der Waals surface area contributed by atoms with Crippen LogP contribution < -0.4 is 0 Å². The lowest BCUT2D eigenvalue weighted by Crippen LogP contribution is -2.54. The molecule has 3 rings (SSSR count). The Hall–Kier alpha value is -0.260. The molecule has 3 saturated heterocycles. The Balaban J connectivity index is 0.000000774. The van der Waals surface area contributed by atoms with Crippen LogP contribution in [0.3, 0.4) is 0 Å². The van der Waals surface area contributed by atoms with E-state index in [1.54, 1.807) is 0 Å². The molecule has 0 aliphatic carbocycles. The van der Waals surface area contributed by atoms with Crippen molar-refractivity contribution in [3.63, 3.8) is 0 Å². The van der Waals surface area contributed by atoms with Crippen LogP contribution in [0.25, 0.3) is 0 Å². The predicted octanol–water partition coefficient (Wildman–Crippen LogP) is 2.45. The SMILES string of the molecule is CC.CC1SC2(CCN(C)CC2)N(CN2CCCC2)C1=O. The summed E-state index contributed by atoms with van der Waals surface area (Å²) in [5.74, 6) is 0.362. The molecule has 122 valence electrons. The molecule has 21 heavy (non-hydrogen) atoms. The molecule has 5 heteroatoms. The van der Waals surface area contributed by atoms with Crippen LogP contribution in [0.2, 0.25) is 0 Å². The van der Waals surface area contributed by atoms with E-state index >= 15 is 0 Å². The molecule has 0 aromatic rings. The van der Waals surface area contributed by atoms with Gasteiger partial charge in [-0.05, 0) is 52.7 Å². The number of hydrogen-bond donors (Lipinski definition) is 0. The van der Waals surface area contributed by atoms with Crippen LogP contribution in [-0.2, 0) is 4.79 Å². The Bertz CT molecular complexity index is 349. The van der Waals surface area contributed by atoms with E-state index in [2.05, 4.69) is 28.7 Å². The molecule has 0 bridgehead atoms. The van der Waals surface area contributed by atoms with Crippen LogP contribution in [0.1, 0.15) is 46.5 Å². The van der Waals surface area contributed by atoms with E-state index in [-0.39, 0.29) is 10.1 Å². The third kappa shape index (κ3) is 3.57. The van der Waals surface area contributed by atoms with E-state index in [4.69, 9.17) is 0 Å². The molecule has 1 atom stereocenters. The van der Waals surface area contributed by atoms with Gasteiger partial charge in [-0.25, -0.2) is 0 Å². The van der Waals surface area contributed by atoms with Crippen LogP contribution in [0.5, 0.6) is 0 Å². The summed E-state index contributed by atoms with van der Waals surface area (Å²) in [5, 5.41) is 0.144. The number of rotatable bonds is 2. The lowest BCUT2D eigenvalue weighted by molar-refractivity contribution is -0.135. The van der Waals surface area contributed by atoms with Crippen molar-refractivity contribution < 1.29 is 4.79 Å². The van der Waals surface area contributed by atoms with E-state index in [9.17, 15) is 4.79 Å². The molecule has 0 aromatic carbocycles. The summed E-state index contributed by atoms with van der Waals surface area (Å²) in [6.07, 6.45) is 4.83. The van der Waals surface area contributed by atoms with Gasteiger partial charge in [0.05, 0.1) is 16.8 Å². The molecule has 3 aliphatic heterocycles. The smallest absolute Gasteiger partial charge is 0.237 e. The molecule has 1 amide bonds. The second-order valence-corrected chi connectivity index (χ2v) is 7.95. The molecule has 4 nitrogen and oxygen atoms in total. The van der Waals surface area contributed by atoms with E-state index in [0.717, 1.165) is 32.6 Å². The van der Waals surface area contributed by atoms with Crippen molar-refractivity contribution in [1.29, 1.82) is 0 Å². The first-order chi connectivity index (χ1) is 10.1. The van der Waals surface area contributed by atoms with Gasteiger partial charge in [-0.2, -0.15) is 0 Å². The third-order valence-corrected chi connectivity index (χ3v) is 6.43. The molecule has 3 fully saturated rings. The third-order valence-electron chi connectivity index (χ3n) is 4.81. The van der Waals surface area contributed by atoms with Crippen LogP contribution in [-0.4, -0.2) is 70.6 Å². The number of hydrogen-bond acceptors (Lipinski definition) is 4. The van der Waals surface area contributed by atoms with Gasteiger partial charge in [0.2, 0.25) is 5.91 Å². The largest absolute Gasteiger partial charge is 0.314 e. The summed E-state index contributed by atoms with van der Waals surface area (Å²) in [6, 6.07) is 0. The maximum Gasteiger partial charge on any atom is 0.237 e. The topological polar surface area (TPSA) is 26.8 Å². The van der Waals surface area contributed by atoms with E-state index in [1.165, 1.54) is 25.9 Å². The standard InChI is InChI=1S/C14H25N3OS.C2H6/c1-12-13(18)17(11-16-7-3-4-8-16)14(19-12)5-9-15(2)10-6-14;1-2/h12H,3-11H2,1-2H3;1-2H3. The van der Waals surface area contributed by atoms with Gasteiger partial charge in [0.15, 0.2) is 0 Å². The minimum Gasteiger partial charge on any atom is -0.314 e. The minimum absolute atomic E-state index is 0.0889. The highest BCUT2D eigenvalue weighted by Gasteiger charge is 2.51. The van der Waals surface area contributed by atoms with Gasteiger partial charge in [0, 0.05) is 13.1 Å². The summed E-state index contributed by atoms with van der Waals surface area (Å²) in [6.45, 7) is 11.5. The van der Waals surface area contributed by atoms with Gasteiger partial charge >= 0.3 is 0 Å². The zero-order valence-corrected chi connectivity index (χ0v) is 14.9. The molecule has 0 saturated carbocycles. The summed E-state index contributed by atoms with van der Waals surface area (Å²) >= 11 is 1.91. The fraction of sp³-hybridized carbons (Fsp3) is 0.938. The second-order valence-electron chi connectivity index (χ2n) is 6.24. The molecule has 0 radical (unpaired) electrons. The zero-order valence-electron chi connectivity index (χ0n) is 14.1. The van der Waals surface area contributed by atoms with Crippen molar-refractivity contribution in [3.05, 3.63) is 0 Å². The summed E-state index contributed by atoms with van der Waals surface area (Å²) in [7, 11) is 2.18. The monoisotopic (exact) mass is 313 g/mol. The van der Waals surface area contributed by atoms with Crippen molar-refractivity contribution in [2.24, 2.45) is 0 Å². The first kappa shape index (κ1) is 17.1. The van der Waals surface area contributed by atoms with Crippen LogP contribution in [0.4, 0.5) is 0 Å². The minimum atomic E-state index is 0.0889. The number of likely N-dealkylation sites (tertiary alicyclic amines) is 2. The predicted molar refractivity (Wildman–Crippen MR) is 90.4 cm³/mol. The van der Waals surface area contributed by atoms with E-state index < -0.39 is 0 Å². The van der Waals surface area contributed by atoms with Gasteiger partial charge < -0.3 is 9.80 Å². The second kappa shape index (κ2) is 7.34. The van der Waals surface area contributed by atoms with Crippen molar-refractivity contribution >= 4 is 17.7 Å². The highest BCUT2D eigenvalue weighted by atomic mass is 32.2. The van der Waals surface area contributed by atoms with Gasteiger partial charge in [0.25, 0.3) is 0 Å². The van der Waals surface area contributed by atoms with Crippen molar-refractivity contribution in [2.45, 2.75) is 56.6 Å². The average molecular weight is 314 g/mol. The Morgan fingerprint density at radius 1 is 1.14 bits per heavy atom. The molecule has 1 spiro atoms. The molecular weight excluding hydrogens is 282 g/mol. The number of carbonyl (C=O) groups is 1. The van der Waals surface area contributed by atoms with Crippen molar-refractivity contribution in [2.75, 3.05) is 39.9 Å². The molecule has 3 aliphatic rings. The number of amides is 1. The molecule has 3 heterocycles. The molecule has 0 N–H and O–H groups in total. The molecule has 1 unspecified atom stereocenters. The number of nitrogens with zero attached hydrogens (tertiary/aromatic N) is 3. The average Bonchev–Trinajstić information content (AvgIpc) is 3.08. The molecule has 0 aromatic heterocycles. The maximum atomic E-state index is 12.5. The summed E-state index contributed by atoms with van der Waals surface area (Å²) in [5.41, 5.74) is 0. The van der Waals surface area contributed by atoms with Crippen LogP contribution >= 0.6 is 11.8 Å². The number of carbonyl (C=O) groups excluding carboxylic acids is 1. The van der Waals surface area contributed by atoms with Crippen LogP contribution in [0, 0.1) is 0 Å². The van der Waals surface area contributed by atoms with Crippen molar-refractivity contribution in [3.8, 4) is 0 Å². The lowest BCUT2D eigenvalue weighted by atomic mass is 10.0. The van der Waals surface area contributed by atoms with Gasteiger partial charge in [-0.3, -0.25) is 9.69 Å². The quantitative estimate of drug-likeness (QED) is 0.782. The lowest BCUT2D eigenvalue weighted by Gasteiger charge is -2.44. The Labute approximate surface area is 134 Å². The number of piperidine rings is 1. The number of thioether (sulfide) groups is 1. The van der Waals surface area contributed by atoms with Gasteiger partial charge in [-0.1, -0.05) is 13.8 Å². The first-order valence-corrected chi connectivity index (χ1v) is 9.39. The fourth-order valence-electron chi connectivity index (χ4n) is 3.54. The highest BCUT2D eigenvalue weighted by Crippen LogP contribution is 2.47. The van der Waals surface area contributed by atoms with Gasteiger partial charge in [0.1, 0.15) is 0 Å². The highest BCUT2D eigenvalue weighted by molar-refractivity contribution is 8.02. The first-order valence-electron chi connectivity index (χ1n) is 8.51. The zero-order chi connectivity index (χ0) is 15.5. The van der Waals surface area contributed by atoms with Crippen LogP contribution in [0.15, 0.2) is 0 Å². The Morgan fingerprint density at radius 2 is 1.71 bits per heavy atom. The van der Waals surface area contributed by atoms with Crippen molar-refractivity contribution in [1.82, 2.24) is 14.7 Å².